The highest BCUT2D eigenvalue weighted by atomic mass is 32.5. The molecule has 1 aromatic heterocycles. The highest BCUT2D eigenvalue weighted by molar-refractivity contribution is 8.09. The molecule has 0 bridgehead atoms. The molecule has 1 fully saturated rings. The molecule has 2 unspecified atom stereocenters. The zero-order valence-corrected chi connectivity index (χ0v) is 20.6. The number of nitrogens with zero attached hydrogens (tertiary/aromatic N) is 1. The minimum absolute atomic E-state index is 0.0584. The topological polar surface area (TPSA) is 170 Å². The number of hydrogen-bond acceptors (Lipinski definition) is 8. The van der Waals surface area contributed by atoms with Crippen LogP contribution in [-0.4, -0.2) is 68.5 Å². The van der Waals surface area contributed by atoms with E-state index in [4.69, 9.17) is 30.5 Å². The van der Waals surface area contributed by atoms with Crippen molar-refractivity contribution in [3.63, 3.8) is 0 Å². The minimum Gasteiger partial charge on any atom is -0.382 e. The van der Waals surface area contributed by atoms with Crippen molar-refractivity contribution < 1.29 is 38.0 Å². The Hall–Kier alpha value is -0.980. The van der Waals surface area contributed by atoms with Gasteiger partial charge in [0.05, 0.1) is 13.2 Å². The molecule has 5 atom stereocenters. The van der Waals surface area contributed by atoms with Crippen molar-refractivity contribution in [2.45, 2.75) is 51.0 Å². The third kappa shape index (κ3) is 7.01. The van der Waals surface area contributed by atoms with Crippen molar-refractivity contribution in [3.05, 3.63) is 44.5 Å². The lowest BCUT2D eigenvalue weighted by Gasteiger charge is -2.29. The van der Waals surface area contributed by atoms with E-state index in [1.54, 1.807) is 13.8 Å². The van der Waals surface area contributed by atoms with Crippen molar-refractivity contribution in [3.8, 4) is 0 Å². The summed E-state index contributed by atoms with van der Waals surface area (Å²) in [4.78, 5) is 55.6. The molecular weight excluding hydrogens is 486 g/mol. The molecule has 0 saturated carbocycles. The smallest absolute Gasteiger partial charge is 0.348 e. The van der Waals surface area contributed by atoms with E-state index in [0.29, 0.717) is 5.82 Å². The minimum atomic E-state index is -4.55. The molecule has 1 aliphatic rings. The maximum atomic E-state index is 12.5. The third-order valence-corrected chi connectivity index (χ3v) is 8.57. The van der Waals surface area contributed by atoms with Gasteiger partial charge in [0.15, 0.2) is 12.7 Å². The zero-order valence-electron chi connectivity index (χ0n) is 18.0. The Balaban J connectivity index is 2.56. The van der Waals surface area contributed by atoms with Crippen LogP contribution in [0.2, 0.25) is 0 Å². The molecule has 182 valence electrons. The highest BCUT2D eigenvalue weighted by Gasteiger charge is 2.49. The number of aryl methyl sites for hydroxylation is 1. The zero-order chi connectivity index (χ0) is 24.3. The van der Waals surface area contributed by atoms with E-state index in [1.165, 1.54) is 20.2 Å². The van der Waals surface area contributed by atoms with Crippen LogP contribution in [0, 0.1) is 6.92 Å². The fraction of sp³-hybridized carbons (Fsp3) is 0.647. The molecule has 1 aliphatic heterocycles. The Morgan fingerprint density at radius 2 is 1.94 bits per heavy atom. The first kappa shape index (κ1) is 27.3. The maximum Gasteiger partial charge on any atom is 0.348 e. The van der Waals surface area contributed by atoms with Crippen molar-refractivity contribution in [1.29, 1.82) is 0 Å². The Morgan fingerprint density at radius 3 is 2.50 bits per heavy atom. The number of methoxy groups -OCH3 is 1. The van der Waals surface area contributed by atoms with E-state index < -0.39 is 55.5 Å². The van der Waals surface area contributed by atoms with Crippen LogP contribution in [0.25, 0.3) is 0 Å². The SMILES string of the molecule is COCCO[C@@H]1C(OP(O)(=S)C(C)C)[C@@H](/C=C/P(=O)(O)O)O[C@H]1n1cc(C)c(=O)[nH]c1=O. The second-order valence-corrected chi connectivity index (χ2v) is 12.9. The molecule has 4 N–H and O–H groups in total. The van der Waals surface area contributed by atoms with Gasteiger partial charge in [0.1, 0.15) is 18.3 Å². The Labute approximate surface area is 189 Å². The summed E-state index contributed by atoms with van der Waals surface area (Å²) in [5.41, 5.74) is -1.56. The number of H-pyrrole nitrogens is 1. The van der Waals surface area contributed by atoms with Crippen molar-refractivity contribution in [2.75, 3.05) is 20.3 Å². The van der Waals surface area contributed by atoms with Crippen LogP contribution in [0.15, 0.2) is 27.7 Å². The number of aromatic amines is 1. The fourth-order valence-corrected chi connectivity index (χ4v) is 4.40. The summed E-state index contributed by atoms with van der Waals surface area (Å²) in [5, 5.41) is 0. The van der Waals surface area contributed by atoms with Crippen LogP contribution in [-0.2, 0) is 35.1 Å². The molecule has 12 nitrogen and oxygen atoms in total. The lowest BCUT2D eigenvalue weighted by atomic mass is 10.1. The summed E-state index contributed by atoms with van der Waals surface area (Å²) in [6.45, 7) is 1.72. The normalized spacial score (nSPS) is 26.1. The second kappa shape index (κ2) is 11.0. The number of ether oxygens (including phenoxy) is 3. The van der Waals surface area contributed by atoms with E-state index >= 15 is 0 Å². The standard InChI is InChI=1S/C17H28N2O10P2S/c1-10(2)31(25,32)29-13-12(5-8-30(22,23)24)28-16(14(13)27-7-6-26-4)19-9-11(3)15(20)18-17(19)21/h5,8-10,12-14,16H,6-7H2,1-4H3,(H,25,32)(H,18,20,21)(H2,22,23,24)/b8-5+/t12-,13?,14-,16-,31?/m1/s1. The summed E-state index contributed by atoms with van der Waals surface area (Å²) in [7, 11) is -3.08. The summed E-state index contributed by atoms with van der Waals surface area (Å²) in [6.07, 6.45) is -2.08. The first-order chi connectivity index (χ1) is 14.8. The quantitative estimate of drug-likeness (QED) is 0.254. The van der Waals surface area contributed by atoms with Crippen LogP contribution in [0.5, 0.6) is 0 Å². The summed E-state index contributed by atoms with van der Waals surface area (Å²) < 4.78 is 35.0. The molecule has 0 aromatic carbocycles. The predicted octanol–water partition coefficient (Wildman–Crippen LogP) is 0.561. The van der Waals surface area contributed by atoms with Crippen LogP contribution in [0.3, 0.4) is 0 Å². The predicted molar refractivity (Wildman–Crippen MR) is 119 cm³/mol. The molecule has 2 heterocycles. The first-order valence-corrected chi connectivity index (χ1v) is 14.0. The van der Waals surface area contributed by atoms with Gasteiger partial charge < -0.3 is 33.4 Å². The molecule has 0 aliphatic carbocycles. The molecule has 0 amide bonds. The molecule has 0 radical (unpaired) electrons. The molecule has 0 spiro atoms. The van der Waals surface area contributed by atoms with Gasteiger partial charge in [-0.2, -0.15) is 0 Å². The van der Waals surface area contributed by atoms with E-state index in [9.17, 15) is 28.8 Å². The van der Waals surface area contributed by atoms with Crippen LogP contribution >= 0.6 is 14.1 Å². The number of hydrogen-bond donors (Lipinski definition) is 4. The lowest BCUT2D eigenvalue weighted by molar-refractivity contribution is -0.0758. The molecule has 1 aromatic rings. The van der Waals surface area contributed by atoms with Gasteiger partial charge in [0.2, 0.25) is 0 Å². The number of aromatic nitrogens is 2. The van der Waals surface area contributed by atoms with E-state index in [1.807, 2.05) is 0 Å². The van der Waals surface area contributed by atoms with Gasteiger partial charge in [0.25, 0.3) is 5.56 Å². The van der Waals surface area contributed by atoms with Gasteiger partial charge in [-0.25, -0.2) is 4.79 Å². The number of nitrogens with one attached hydrogen (secondary N) is 1. The average molecular weight is 514 g/mol. The van der Waals surface area contributed by atoms with E-state index in [0.717, 1.165) is 10.6 Å². The summed E-state index contributed by atoms with van der Waals surface area (Å²) in [5.74, 6) is 0.639. The van der Waals surface area contributed by atoms with Gasteiger partial charge in [-0.05, 0) is 24.8 Å². The Morgan fingerprint density at radius 1 is 1.28 bits per heavy atom. The summed E-state index contributed by atoms with van der Waals surface area (Å²) in [6, 6.07) is 0. The maximum absolute atomic E-state index is 12.5. The molecule has 2 rings (SSSR count). The van der Waals surface area contributed by atoms with Gasteiger partial charge in [-0.1, -0.05) is 13.8 Å². The van der Waals surface area contributed by atoms with Crippen LogP contribution in [0.1, 0.15) is 25.6 Å². The lowest BCUT2D eigenvalue weighted by Crippen LogP contribution is -2.41. The van der Waals surface area contributed by atoms with Crippen molar-refractivity contribution in [2.24, 2.45) is 0 Å². The highest BCUT2D eigenvalue weighted by Crippen LogP contribution is 2.52. The molecule has 32 heavy (non-hydrogen) atoms. The van der Waals surface area contributed by atoms with Crippen molar-refractivity contribution in [1.82, 2.24) is 9.55 Å². The summed E-state index contributed by atoms with van der Waals surface area (Å²) >= 11 is 5.24. The largest absolute Gasteiger partial charge is 0.382 e. The van der Waals surface area contributed by atoms with Gasteiger partial charge in [0, 0.05) is 30.3 Å². The Bertz CT molecular complexity index is 1030. The van der Waals surface area contributed by atoms with E-state index in [2.05, 4.69) is 4.98 Å². The second-order valence-electron chi connectivity index (χ2n) is 7.46. The molecule has 15 heteroatoms. The Kier molecular flexibility index (Phi) is 9.34. The fourth-order valence-electron chi connectivity index (χ4n) is 2.88. The monoisotopic (exact) mass is 514 g/mol. The van der Waals surface area contributed by atoms with Gasteiger partial charge in [-0.15, -0.1) is 0 Å². The van der Waals surface area contributed by atoms with Crippen molar-refractivity contribution >= 4 is 25.9 Å². The van der Waals surface area contributed by atoms with Crippen LogP contribution < -0.4 is 11.2 Å². The van der Waals surface area contributed by atoms with Gasteiger partial charge >= 0.3 is 13.3 Å². The third-order valence-electron chi connectivity index (χ3n) is 4.64. The van der Waals surface area contributed by atoms with Crippen LogP contribution in [0.4, 0.5) is 0 Å². The average Bonchev–Trinajstić information content (AvgIpc) is 2.99. The first-order valence-electron chi connectivity index (χ1n) is 9.60. The molecular formula is C17H28N2O10P2S. The van der Waals surface area contributed by atoms with Gasteiger partial charge in [-0.3, -0.25) is 18.9 Å². The number of rotatable bonds is 10. The molecule has 1 saturated heterocycles. The van der Waals surface area contributed by atoms with E-state index in [-0.39, 0.29) is 18.8 Å².